The van der Waals surface area contributed by atoms with Crippen molar-refractivity contribution in [3.63, 3.8) is 0 Å². The molecular formula is C17H25ClN2O2. The summed E-state index contributed by atoms with van der Waals surface area (Å²) in [4.78, 5) is 26.2. The van der Waals surface area contributed by atoms with E-state index in [1.807, 2.05) is 34.6 Å². The lowest BCUT2D eigenvalue weighted by Crippen LogP contribution is -2.43. The smallest absolute Gasteiger partial charge is 0.313 e. The van der Waals surface area contributed by atoms with Gasteiger partial charge in [0.15, 0.2) is 0 Å². The summed E-state index contributed by atoms with van der Waals surface area (Å²) in [6, 6.07) is 5.15. The molecule has 0 aliphatic heterocycles. The second kappa shape index (κ2) is 8.18. The van der Waals surface area contributed by atoms with Crippen LogP contribution in [0.3, 0.4) is 0 Å². The van der Waals surface area contributed by atoms with Gasteiger partial charge in [-0.15, -0.1) is 0 Å². The Hall–Kier alpha value is -1.55. The Bertz CT molecular complexity index is 531. The average molecular weight is 325 g/mol. The number of rotatable bonds is 5. The Morgan fingerprint density at radius 2 is 1.68 bits per heavy atom. The predicted molar refractivity (Wildman–Crippen MR) is 91.1 cm³/mol. The molecule has 0 aliphatic rings. The summed E-state index contributed by atoms with van der Waals surface area (Å²) < 4.78 is 0. The number of halogens is 1. The number of hydrogen-bond donors (Lipinski definition) is 1. The quantitative estimate of drug-likeness (QED) is 0.839. The van der Waals surface area contributed by atoms with Gasteiger partial charge in [0.25, 0.3) is 0 Å². The molecule has 0 saturated carbocycles. The summed E-state index contributed by atoms with van der Waals surface area (Å²) in [6.07, 6.45) is 0. The van der Waals surface area contributed by atoms with Gasteiger partial charge in [0, 0.05) is 23.8 Å². The van der Waals surface area contributed by atoms with Crippen molar-refractivity contribution in [2.45, 2.75) is 34.6 Å². The van der Waals surface area contributed by atoms with Crippen molar-refractivity contribution in [2.24, 2.45) is 11.8 Å². The molecule has 0 fully saturated rings. The van der Waals surface area contributed by atoms with Crippen LogP contribution in [0.4, 0.5) is 5.69 Å². The number of carbonyl (C=O) groups excluding carboxylic acids is 2. The van der Waals surface area contributed by atoms with Crippen LogP contribution in [0.5, 0.6) is 0 Å². The van der Waals surface area contributed by atoms with Gasteiger partial charge in [-0.25, -0.2) is 0 Å². The van der Waals surface area contributed by atoms with E-state index in [1.54, 1.807) is 23.1 Å². The molecule has 5 heteroatoms. The topological polar surface area (TPSA) is 49.4 Å². The molecule has 122 valence electrons. The number of nitrogens with one attached hydrogen (secondary N) is 1. The highest BCUT2D eigenvalue weighted by molar-refractivity contribution is 6.39. The number of anilines is 1. The van der Waals surface area contributed by atoms with Gasteiger partial charge in [0.2, 0.25) is 0 Å². The van der Waals surface area contributed by atoms with E-state index in [0.717, 1.165) is 5.56 Å². The zero-order chi connectivity index (χ0) is 16.9. The molecule has 1 aromatic carbocycles. The van der Waals surface area contributed by atoms with Crippen LogP contribution in [0.25, 0.3) is 0 Å². The third-order valence-corrected chi connectivity index (χ3v) is 3.32. The van der Waals surface area contributed by atoms with Crippen LogP contribution in [0, 0.1) is 18.8 Å². The van der Waals surface area contributed by atoms with Crippen molar-refractivity contribution >= 4 is 29.1 Å². The van der Waals surface area contributed by atoms with Crippen LogP contribution in [-0.2, 0) is 9.59 Å². The van der Waals surface area contributed by atoms with Gasteiger partial charge in [0.1, 0.15) is 0 Å². The van der Waals surface area contributed by atoms with Gasteiger partial charge in [-0.3, -0.25) is 9.59 Å². The van der Waals surface area contributed by atoms with E-state index in [0.29, 0.717) is 35.6 Å². The molecule has 4 nitrogen and oxygen atoms in total. The molecule has 0 heterocycles. The van der Waals surface area contributed by atoms with Crippen LogP contribution in [-0.4, -0.2) is 29.8 Å². The first-order chi connectivity index (χ1) is 10.2. The van der Waals surface area contributed by atoms with Crippen molar-refractivity contribution in [3.05, 3.63) is 28.8 Å². The minimum absolute atomic E-state index is 0.313. The summed E-state index contributed by atoms with van der Waals surface area (Å²) >= 11 is 5.89. The van der Waals surface area contributed by atoms with Gasteiger partial charge >= 0.3 is 11.8 Å². The zero-order valence-electron chi connectivity index (χ0n) is 13.9. The highest BCUT2D eigenvalue weighted by atomic mass is 35.5. The maximum atomic E-state index is 12.4. The Labute approximate surface area is 137 Å². The maximum Gasteiger partial charge on any atom is 0.313 e. The molecule has 1 rings (SSSR count). The van der Waals surface area contributed by atoms with Crippen molar-refractivity contribution in [2.75, 3.05) is 18.4 Å². The fourth-order valence-corrected chi connectivity index (χ4v) is 2.44. The number of benzene rings is 1. The van der Waals surface area contributed by atoms with Crippen LogP contribution in [0.15, 0.2) is 18.2 Å². The first-order valence-electron chi connectivity index (χ1n) is 7.57. The van der Waals surface area contributed by atoms with Crippen molar-refractivity contribution in [3.8, 4) is 0 Å². The molecule has 0 atom stereocenters. The fraction of sp³-hybridized carbons (Fsp3) is 0.529. The Morgan fingerprint density at radius 1 is 1.14 bits per heavy atom. The van der Waals surface area contributed by atoms with Crippen LogP contribution >= 0.6 is 11.6 Å². The van der Waals surface area contributed by atoms with Crippen molar-refractivity contribution in [1.82, 2.24) is 4.90 Å². The van der Waals surface area contributed by atoms with E-state index in [-0.39, 0.29) is 0 Å². The van der Waals surface area contributed by atoms with E-state index in [9.17, 15) is 9.59 Å². The van der Waals surface area contributed by atoms with Crippen molar-refractivity contribution in [1.29, 1.82) is 0 Å². The van der Waals surface area contributed by atoms with Crippen LogP contribution < -0.4 is 5.32 Å². The number of aryl methyl sites for hydroxylation is 1. The summed E-state index contributed by atoms with van der Waals surface area (Å²) in [6.45, 7) is 11.1. The largest absolute Gasteiger partial charge is 0.334 e. The van der Waals surface area contributed by atoms with Crippen LogP contribution in [0.2, 0.25) is 5.02 Å². The zero-order valence-corrected chi connectivity index (χ0v) is 14.7. The Morgan fingerprint density at radius 3 is 2.14 bits per heavy atom. The average Bonchev–Trinajstić information content (AvgIpc) is 2.39. The number of hydrogen-bond acceptors (Lipinski definition) is 2. The van der Waals surface area contributed by atoms with Crippen LogP contribution in [0.1, 0.15) is 33.3 Å². The highest BCUT2D eigenvalue weighted by Gasteiger charge is 2.23. The van der Waals surface area contributed by atoms with E-state index in [2.05, 4.69) is 5.32 Å². The van der Waals surface area contributed by atoms with Gasteiger partial charge in [-0.2, -0.15) is 0 Å². The Balaban J connectivity index is 2.82. The first kappa shape index (κ1) is 18.5. The molecule has 0 aromatic heterocycles. The lowest BCUT2D eigenvalue weighted by molar-refractivity contribution is -0.143. The maximum absolute atomic E-state index is 12.4. The van der Waals surface area contributed by atoms with E-state index in [4.69, 9.17) is 11.6 Å². The molecular weight excluding hydrogens is 300 g/mol. The van der Waals surface area contributed by atoms with Crippen molar-refractivity contribution < 1.29 is 9.59 Å². The lowest BCUT2D eigenvalue weighted by Gasteiger charge is -2.25. The third kappa shape index (κ3) is 5.68. The molecule has 1 N–H and O–H groups in total. The van der Waals surface area contributed by atoms with E-state index >= 15 is 0 Å². The van der Waals surface area contributed by atoms with E-state index < -0.39 is 11.8 Å². The minimum atomic E-state index is -0.605. The Kier molecular flexibility index (Phi) is 6.88. The predicted octanol–water partition coefficient (Wildman–Crippen LogP) is 3.73. The molecule has 2 amide bonds. The van der Waals surface area contributed by atoms with Gasteiger partial charge in [-0.05, 0) is 42.5 Å². The molecule has 1 aromatic rings. The monoisotopic (exact) mass is 324 g/mol. The fourth-order valence-electron chi connectivity index (χ4n) is 2.21. The van der Waals surface area contributed by atoms with Gasteiger partial charge < -0.3 is 10.2 Å². The number of carbonyl (C=O) groups is 2. The summed E-state index contributed by atoms with van der Waals surface area (Å²) in [7, 11) is 0. The molecule has 0 radical (unpaired) electrons. The SMILES string of the molecule is Cc1cc(Cl)ccc1NC(=O)C(=O)N(CC(C)C)CC(C)C. The standard InChI is InChI=1S/C17H25ClN2O2/c1-11(2)9-20(10-12(3)4)17(22)16(21)19-15-7-6-14(18)8-13(15)5/h6-8,11-12H,9-10H2,1-5H3,(H,19,21). The normalized spacial score (nSPS) is 10.9. The number of amides is 2. The molecule has 0 saturated heterocycles. The van der Waals surface area contributed by atoms with Gasteiger partial charge in [0.05, 0.1) is 0 Å². The molecule has 0 bridgehead atoms. The molecule has 0 spiro atoms. The minimum Gasteiger partial charge on any atom is -0.334 e. The summed E-state index contributed by atoms with van der Waals surface area (Å²) in [5.74, 6) is -0.469. The second-order valence-electron chi connectivity index (χ2n) is 6.41. The van der Waals surface area contributed by atoms with Gasteiger partial charge in [-0.1, -0.05) is 39.3 Å². The van der Waals surface area contributed by atoms with E-state index in [1.165, 1.54) is 0 Å². The molecule has 0 unspecified atom stereocenters. The highest BCUT2D eigenvalue weighted by Crippen LogP contribution is 2.19. The molecule has 22 heavy (non-hydrogen) atoms. The first-order valence-corrected chi connectivity index (χ1v) is 7.95. The summed E-state index contributed by atoms with van der Waals surface area (Å²) in [5.41, 5.74) is 1.43. The second-order valence-corrected chi connectivity index (χ2v) is 6.85. The summed E-state index contributed by atoms with van der Waals surface area (Å²) in [5, 5.41) is 3.28. The third-order valence-electron chi connectivity index (χ3n) is 3.09. The molecule has 0 aliphatic carbocycles. The lowest BCUT2D eigenvalue weighted by atomic mass is 10.1. The number of nitrogens with zero attached hydrogens (tertiary/aromatic N) is 1.